The number of alkyl halides is 3. The highest BCUT2D eigenvalue weighted by atomic mass is 35.5. The van der Waals surface area contributed by atoms with E-state index in [-0.39, 0.29) is 5.02 Å². The Kier molecular flexibility index (Phi) is 4.24. The topological polar surface area (TPSA) is 57.9 Å². The third kappa shape index (κ3) is 3.37. The summed E-state index contributed by atoms with van der Waals surface area (Å²) in [6, 6.07) is 6.09. The van der Waals surface area contributed by atoms with Crippen LogP contribution in [-0.2, 0) is 9.84 Å². The second kappa shape index (κ2) is 5.16. The largest absolute Gasteiger partial charge is 0.405 e. The second-order valence-electron chi connectivity index (χ2n) is 3.44. The van der Waals surface area contributed by atoms with Crippen molar-refractivity contribution in [3.8, 4) is 6.07 Å². The van der Waals surface area contributed by atoms with E-state index in [0.29, 0.717) is 0 Å². The lowest BCUT2D eigenvalue weighted by Crippen LogP contribution is -2.29. The van der Waals surface area contributed by atoms with E-state index in [1.165, 1.54) is 18.2 Å². The lowest BCUT2D eigenvalue weighted by atomic mass is 10.2. The zero-order valence-electron chi connectivity index (χ0n) is 8.78. The predicted molar refractivity (Wildman–Crippen MR) is 58.7 cm³/mol. The van der Waals surface area contributed by atoms with Gasteiger partial charge in [-0.3, -0.25) is 0 Å². The SMILES string of the molecule is N#CC(CS(=O)(=O)c1ccccc1Cl)C(F)(F)F. The maximum absolute atomic E-state index is 12.3. The summed E-state index contributed by atoms with van der Waals surface area (Å²) in [7, 11) is -4.26. The molecule has 0 aromatic heterocycles. The zero-order valence-corrected chi connectivity index (χ0v) is 10.4. The predicted octanol–water partition coefficient (Wildman–Crippen LogP) is 2.82. The normalized spacial score (nSPS) is 13.9. The van der Waals surface area contributed by atoms with Gasteiger partial charge >= 0.3 is 6.18 Å². The van der Waals surface area contributed by atoms with E-state index in [0.717, 1.165) is 12.1 Å². The van der Waals surface area contributed by atoms with Crippen LogP contribution in [0.25, 0.3) is 0 Å². The van der Waals surface area contributed by atoms with Gasteiger partial charge in [0.25, 0.3) is 0 Å². The summed E-state index contributed by atoms with van der Waals surface area (Å²) >= 11 is 5.61. The molecule has 1 aromatic rings. The monoisotopic (exact) mass is 297 g/mol. The van der Waals surface area contributed by atoms with Gasteiger partial charge in [-0.2, -0.15) is 18.4 Å². The van der Waals surface area contributed by atoms with Crippen molar-refractivity contribution in [3.05, 3.63) is 29.3 Å². The van der Waals surface area contributed by atoms with E-state index in [1.54, 1.807) is 0 Å². The van der Waals surface area contributed by atoms with Gasteiger partial charge in [0.2, 0.25) is 0 Å². The van der Waals surface area contributed by atoms with Crippen LogP contribution < -0.4 is 0 Å². The Morgan fingerprint density at radius 3 is 2.33 bits per heavy atom. The van der Waals surface area contributed by atoms with Gasteiger partial charge in [-0.15, -0.1) is 0 Å². The molecular formula is C10H7ClF3NO2S. The van der Waals surface area contributed by atoms with Gasteiger partial charge in [-0.1, -0.05) is 23.7 Å². The molecule has 98 valence electrons. The molecule has 3 nitrogen and oxygen atoms in total. The quantitative estimate of drug-likeness (QED) is 0.862. The molecule has 0 aliphatic rings. The number of sulfone groups is 1. The molecule has 1 unspecified atom stereocenters. The summed E-state index contributed by atoms with van der Waals surface area (Å²) in [4.78, 5) is -0.406. The minimum atomic E-state index is -4.89. The lowest BCUT2D eigenvalue weighted by Gasteiger charge is -2.13. The molecule has 0 aliphatic carbocycles. The number of nitriles is 1. The molecule has 0 amide bonds. The molecule has 1 atom stereocenters. The smallest absolute Gasteiger partial charge is 0.224 e. The Morgan fingerprint density at radius 1 is 1.33 bits per heavy atom. The number of rotatable bonds is 3. The molecule has 0 radical (unpaired) electrons. The fraction of sp³-hybridized carbons (Fsp3) is 0.300. The van der Waals surface area contributed by atoms with Crippen molar-refractivity contribution in [2.45, 2.75) is 11.1 Å². The first kappa shape index (κ1) is 14.8. The minimum Gasteiger partial charge on any atom is -0.224 e. The van der Waals surface area contributed by atoms with Crippen molar-refractivity contribution in [2.24, 2.45) is 5.92 Å². The van der Waals surface area contributed by atoms with E-state index in [4.69, 9.17) is 16.9 Å². The van der Waals surface area contributed by atoms with Crippen molar-refractivity contribution in [1.82, 2.24) is 0 Å². The minimum absolute atomic E-state index is 0.170. The van der Waals surface area contributed by atoms with Crippen LogP contribution in [0.5, 0.6) is 0 Å². The van der Waals surface area contributed by atoms with E-state index >= 15 is 0 Å². The van der Waals surface area contributed by atoms with Gasteiger partial charge in [0.05, 0.1) is 21.7 Å². The Bertz CT molecular complexity index is 578. The van der Waals surface area contributed by atoms with Crippen molar-refractivity contribution in [1.29, 1.82) is 5.26 Å². The molecule has 0 heterocycles. The average molecular weight is 298 g/mol. The first-order chi connectivity index (χ1) is 8.18. The van der Waals surface area contributed by atoms with Crippen LogP contribution in [-0.4, -0.2) is 20.3 Å². The Hall–Kier alpha value is -1.26. The average Bonchev–Trinajstić information content (AvgIpc) is 2.24. The van der Waals surface area contributed by atoms with Crippen LogP contribution in [0.4, 0.5) is 13.2 Å². The van der Waals surface area contributed by atoms with Crippen molar-refractivity contribution in [2.75, 3.05) is 5.75 Å². The number of hydrogen-bond acceptors (Lipinski definition) is 3. The van der Waals surface area contributed by atoms with E-state index in [2.05, 4.69) is 0 Å². The molecule has 0 fully saturated rings. The number of hydrogen-bond donors (Lipinski definition) is 0. The summed E-state index contributed by atoms with van der Waals surface area (Å²) in [5, 5.41) is 8.20. The van der Waals surface area contributed by atoms with E-state index in [1.807, 2.05) is 0 Å². The number of benzene rings is 1. The Morgan fingerprint density at radius 2 is 1.89 bits per heavy atom. The Labute approximate surface area is 107 Å². The maximum Gasteiger partial charge on any atom is 0.405 e. The third-order valence-electron chi connectivity index (χ3n) is 2.11. The number of nitrogens with zero attached hydrogens (tertiary/aromatic N) is 1. The van der Waals surface area contributed by atoms with E-state index < -0.39 is 32.6 Å². The highest BCUT2D eigenvalue weighted by Gasteiger charge is 2.43. The van der Waals surface area contributed by atoms with Gasteiger partial charge in [-0.25, -0.2) is 8.42 Å². The fourth-order valence-corrected chi connectivity index (χ4v) is 3.23. The molecule has 0 saturated heterocycles. The van der Waals surface area contributed by atoms with Crippen LogP contribution in [0.1, 0.15) is 0 Å². The Balaban J connectivity index is 3.11. The summed E-state index contributed by atoms with van der Waals surface area (Å²) in [5.74, 6) is -3.91. The molecule has 1 rings (SSSR count). The molecule has 8 heteroatoms. The van der Waals surface area contributed by atoms with Crippen molar-refractivity contribution >= 4 is 21.4 Å². The molecule has 0 saturated carbocycles. The molecule has 1 aromatic carbocycles. The fourth-order valence-electron chi connectivity index (χ4n) is 1.21. The highest BCUT2D eigenvalue weighted by Crippen LogP contribution is 2.30. The van der Waals surface area contributed by atoms with Gasteiger partial charge in [-0.05, 0) is 12.1 Å². The standard InChI is InChI=1S/C10H7ClF3NO2S/c11-8-3-1-2-4-9(8)18(16,17)6-7(5-15)10(12,13)14/h1-4,7H,6H2. The molecule has 0 spiro atoms. The maximum atomic E-state index is 12.3. The molecule has 0 bridgehead atoms. The van der Waals surface area contributed by atoms with Gasteiger partial charge < -0.3 is 0 Å². The summed E-state index contributed by atoms with van der Waals surface area (Å²) in [5.41, 5.74) is 0. The van der Waals surface area contributed by atoms with Gasteiger partial charge in [0.1, 0.15) is 0 Å². The summed E-state index contributed by atoms with van der Waals surface area (Å²) in [6.45, 7) is 0. The number of halogens is 4. The van der Waals surface area contributed by atoms with Crippen LogP contribution in [0, 0.1) is 17.2 Å². The van der Waals surface area contributed by atoms with E-state index in [9.17, 15) is 21.6 Å². The van der Waals surface area contributed by atoms with Crippen molar-refractivity contribution < 1.29 is 21.6 Å². The molecular weight excluding hydrogens is 291 g/mol. The first-order valence-electron chi connectivity index (χ1n) is 4.62. The first-order valence-corrected chi connectivity index (χ1v) is 6.65. The summed E-state index contributed by atoms with van der Waals surface area (Å²) in [6.07, 6.45) is -4.89. The van der Waals surface area contributed by atoms with Crippen LogP contribution in [0.15, 0.2) is 29.2 Å². The van der Waals surface area contributed by atoms with Crippen LogP contribution in [0.3, 0.4) is 0 Å². The molecule has 18 heavy (non-hydrogen) atoms. The zero-order chi connectivity index (χ0) is 14.0. The molecule has 0 aliphatic heterocycles. The lowest BCUT2D eigenvalue weighted by molar-refractivity contribution is -0.153. The molecule has 0 N–H and O–H groups in total. The van der Waals surface area contributed by atoms with Gasteiger partial charge in [0.15, 0.2) is 15.8 Å². The van der Waals surface area contributed by atoms with Crippen LogP contribution in [0.2, 0.25) is 5.02 Å². The second-order valence-corrected chi connectivity index (χ2v) is 5.84. The third-order valence-corrected chi connectivity index (χ3v) is 4.35. The summed E-state index contributed by atoms with van der Waals surface area (Å²) < 4.78 is 60.5. The van der Waals surface area contributed by atoms with Crippen LogP contribution >= 0.6 is 11.6 Å². The van der Waals surface area contributed by atoms with Crippen molar-refractivity contribution in [3.63, 3.8) is 0 Å². The van der Waals surface area contributed by atoms with Gasteiger partial charge in [0, 0.05) is 0 Å². The highest BCUT2D eigenvalue weighted by molar-refractivity contribution is 7.91.